The number of benzene rings is 2. The smallest absolute Gasteiger partial charge is 0.347 e. The minimum Gasteiger partial charge on any atom is -0.347 e. The van der Waals surface area contributed by atoms with Gasteiger partial charge in [0.05, 0.1) is 11.6 Å². The predicted molar refractivity (Wildman–Crippen MR) is 134 cm³/mol. The van der Waals surface area contributed by atoms with Crippen LogP contribution in [0.3, 0.4) is 0 Å². The fourth-order valence-corrected chi connectivity index (χ4v) is 4.94. The maximum atomic E-state index is 15.0. The Bertz CT molecular complexity index is 1270. The number of amides is 3. The zero-order chi connectivity index (χ0) is 28.0. The van der Waals surface area contributed by atoms with Crippen LogP contribution in [-0.2, 0) is 11.0 Å². The van der Waals surface area contributed by atoms with E-state index in [4.69, 9.17) is 7.85 Å². The van der Waals surface area contributed by atoms with E-state index in [-0.39, 0.29) is 53.0 Å². The van der Waals surface area contributed by atoms with Crippen molar-refractivity contribution in [3.8, 4) is 0 Å². The quantitative estimate of drug-likeness (QED) is 0.442. The molecule has 1 heterocycles. The number of alkyl halides is 3. The molecular formula is C27H28BF4N3O3. The average molecular weight is 529 g/mol. The molecule has 4 rings (SSSR count). The predicted octanol–water partition coefficient (Wildman–Crippen LogP) is 3.79. The van der Waals surface area contributed by atoms with Gasteiger partial charge in [-0.1, -0.05) is 23.7 Å². The Balaban J connectivity index is 1.44. The molecule has 1 aliphatic heterocycles. The van der Waals surface area contributed by atoms with Gasteiger partial charge in [-0.3, -0.25) is 14.4 Å². The number of carbonyl (C=O) groups excluding carboxylic acids is 3. The molecule has 1 aliphatic carbocycles. The zero-order valence-corrected chi connectivity index (χ0v) is 21.3. The highest BCUT2D eigenvalue weighted by Crippen LogP contribution is 2.37. The first-order chi connectivity index (χ1) is 17.7. The van der Waals surface area contributed by atoms with Crippen molar-refractivity contribution >= 4 is 31.0 Å². The molecule has 200 valence electrons. The van der Waals surface area contributed by atoms with E-state index in [0.717, 1.165) is 31.0 Å². The summed E-state index contributed by atoms with van der Waals surface area (Å²) in [4.78, 5) is 40.3. The Kier molecular flexibility index (Phi) is 7.33. The highest BCUT2D eigenvalue weighted by atomic mass is 19.4. The summed E-state index contributed by atoms with van der Waals surface area (Å²) >= 11 is 0. The maximum absolute atomic E-state index is 15.0. The molecular weight excluding hydrogens is 501 g/mol. The first-order valence-corrected chi connectivity index (χ1v) is 12.5. The Labute approximate surface area is 219 Å². The molecule has 6 nitrogen and oxygen atoms in total. The van der Waals surface area contributed by atoms with Crippen molar-refractivity contribution in [2.24, 2.45) is 0 Å². The average Bonchev–Trinajstić information content (AvgIpc) is 3.54. The summed E-state index contributed by atoms with van der Waals surface area (Å²) in [5.41, 5.74) is -2.57. The number of hydrogen-bond acceptors (Lipinski definition) is 3. The summed E-state index contributed by atoms with van der Waals surface area (Å²) in [5, 5.41) is 5.17. The van der Waals surface area contributed by atoms with Crippen LogP contribution in [-0.4, -0.2) is 48.1 Å². The van der Waals surface area contributed by atoms with E-state index >= 15 is 4.39 Å². The number of halogens is 4. The Morgan fingerprint density at radius 2 is 1.66 bits per heavy atom. The van der Waals surface area contributed by atoms with Crippen molar-refractivity contribution < 1.29 is 31.9 Å². The second-order valence-electron chi connectivity index (χ2n) is 10.3. The van der Waals surface area contributed by atoms with Crippen molar-refractivity contribution in [2.75, 3.05) is 0 Å². The van der Waals surface area contributed by atoms with Crippen molar-refractivity contribution in [1.29, 1.82) is 0 Å². The molecule has 3 amide bonds. The highest BCUT2D eigenvalue weighted by molar-refractivity contribution is 6.32. The lowest BCUT2D eigenvalue weighted by atomic mass is 9.91. The number of nitrogens with zero attached hydrogens (tertiary/aromatic N) is 1. The van der Waals surface area contributed by atoms with Crippen LogP contribution in [0.2, 0.25) is 0 Å². The van der Waals surface area contributed by atoms with Gasteiger partial charge in [-0.15, -0.1) is 0 Å². The van der Waals surface area contributed by atoms with E-state index in [1.165, 1.54) is 12.1 Å². The summed E-state index contributed by atoms with van der Waals surface area (Å²) < 4.78 is 54.3. The molecule has 2 aromatic carbocycles. The van der Waals surface area contributed by atoms with Gasteiger partial charge in [0, 0.05) is 28.8 Å². The van der Waals surface area contributed by atoms with Crippen LogP contribution in [0.1, 0.15) is 84.3 Å². The van der Waals surface area contributed by atoms with Crippen LogP contribution in [0.15, 0.2) is 36.4 Å². The fraction of sp³-hybridized carbons (Fsp3) is 0.444. The normalized spacial score (nSPS) is 21.1. The first-order valence-electron chi connectivity index (χ1n) is 12.5. The Morgan fingerprint density at radius 1 is 1.03 bits per heavy atom. The van der Waals surface area contributed by atoms with Crippen molar-refractivity contribution in [2.45, 2.75) is 76.3 Å². The van der Waals surface area contributed by atoms with Gasteiger partial charge < -0.3 is 15.5 Å². The van der Waals surface area contributed by atoms with Crippen molar-refractivity contribution in [1.82, 2.24) is 15.5 Å². The molecule has 2 aliphatic rings. The van der Waals surface area contributed by atoms with E-state index in [2.05, 4.69) is 10.6 Å². The first kappa shape index (κ1) is 27.7. The third-order valence-electron chi connectivity index (χ3n) is 7.33. The third-order valence-corrected chi connectivity index (χ3v) is 7.33. The van der Waals surface area contributed by atoms with Crippen molar-refractivity contribution in [3.05, 3.63) is 64.5 Å². The Hall–Kier alpha value is -3.37. The lowest BCUT2D eigenvalue weighted by molar-refractivity contribution is -0.137. The number of hydrogen-bond donors (Lipinski definition) is 2. The number of carbonyl (C=O) groups is 3. The number of likely N-dealkylation sites (tertiary alicyclic amines) is 1. The van der Waals surface area contributed by atoms with E-state index in [0.29, 0.717) is 6.07 Å². The molecule has 2 radical (unpaired) electrons. The Morgan fingerprint density at radius 3 is 2.21 bits per heavy atom. The van der Waals surface area contributed by atoms with Gasteiger partial charge in [0.2, 0.25) is 5.91 Å². The van der Waals surface area contributed by atoms with Crippen LogP contribution in [0.4, 0.5) is 17.6 Å². The molecule has 2 fully saturated rings. The zero-order valence-electron chi connectivity index (χ0n) is 21.3. The molecule has 0 spiro atoms. The van der Waals surface area contributed by atoms with Gasteiger partial charge in [0.25, 0.3) is 11.8 Å². The van der Waals surface area contributed by atoms with Gasteiger partial charge in [0.15, 0.2) is 0 Å². The molecule has 3 atom stereocenters. The lowest BCUT2D eigenvalue weighted by Crippen LogP contribution is -2.49. The van der Waals surface area contributed by atoms with Gasteiger partial charge in [-0.05, 0) is 64.7 Å². The summed E-state index contributed by atoms with van der Waals surface area (Å²) in [6.07, 6.45) is -2.38. The minimum atomic E-state index is -4.69. The molecule has 38 heavy (non-hydrogen) atoms. The fourth-order valence-electron chi connectivity index (χ4n) is 4.94. The van der Waals surface area contributed by atoms with Crippen LogP contribution >= 0.6 is 0 Å². The molecule has 0 bridgehead atoms. The lowest BCUT2D eigenvalue weighted by Gasteiger charge is -2.27. The molecule has 0 aromatic heterocycles. The summed E-state index contributed by atoms with van der Waals surface area (Å²) in [6.45, 7) is 5.48. The number of nitrogens with one attached hydrogen (secondary N) is 2. The summed E-state index contributed by atoms with van der Waals surface area (Å²) in [7, 11) is 5.54. The summed E-state index contributed by atoms with van der Waals surface area (Å²) in [5.74, 6) is -2.36. The van der Waals surface area contributed by atoms with Crippen molar-refractivity contribution in [3.63, 3.8) is 0 Å². The van der Waals surface area contributed by atoms with Gasteiger partial charge in [-0.25, -0.2) is 4.39 Å². The van der Waals surface area contributed by atoms with Gasteiger partial charge in [0.1, 0.15) is 19.2 Å². The van der Waals surface area contributed by atoms with Crippen LogP contribution in [0.5, 0.6) is 0 Å². The second kappa shape index (κ2) is 10.1. The number of rotatable bonds is 6. The van der Waals surface area contributed by atoms with E-state index in [9.17, 15) is 27.6 Å². The molecule has 1 saturated heterocycles. The van der Waals surface area contributed by atoms with E-state index in [1.807, 2.05) is 13.8 Å². The van der Waals surface area contributed by atoms with E-state index in [1.54, 1.807) is 11.8 Å². The maximum Gasteiger partial charge on any atom is 0.416 e. The highest BCUT2D eigenvalue weighted by Gasteiger charge is 2.51. The largest absolute Gasteiger partial charge is 0.416 e. The van der Waals surface area contributed by atoms with Crippen LogP contribution in [0.25, 0.3) is 0 Å². The summed E-state index contributed by atoms with van der Waals surface area (Å²) in [6, 6.07) is 5.95. The molecule has 11 heteroatoms. The monoisotopic (exact) mass is 529 g/mol. The minimum absolute atomic E-state index is 0.0655. The van der Waals surface area contributed by atoms with Crippen LogP contribution in [0, 0.1) is 5.82 Å². The van der Waals surface area contributed by atoms with Crippen LogP contribution < -0.4 is 16.1 Å². The molecule has 0 unspecified atom stereocenters. The topological polar surface area (TPSA) is 78.5 Å². The second-order valence-corrected chi connectivity index (χ2v) is 10.3. The molecule has 2 aromatic rings. The molecule has 2 N–H and O–H groups in total. The van der Waals surface area contributed by atoms with Gasteiger partial charge in [-0.2, -0.15) is 13.2 Å². The third kappa shape index (κ3) is 5.56. The standard InChI is InChI=1S/C27H28BF4N3O3/c1-14-4-5-15(2)35(14)24(37)17-6-7-21(22(29)12-17)16(3)33-25(38)26(8-9-26)34-23(36)18-10-19(27(30,31)32)13-20(28)11-18/h6-7,10-16H,4-5,8-9H2,1-3H3,(H,33,38)(H,34,36)/t14-,15+,16-/m1/s1. The SMILES string of the molecule is [B]c1cc(C(=O)NC2(C(=O)N[C@H](C)c3ccc(C(=O)N4[C@H](C)CC[C@@H]4C)cc3F)CC2)cc(C(F)(F)F)c1. The van der Waals surface area contributed by atoms with Gasteiger partial charge >= 0.3 is 6.18 Å². The molecule has 1 saturated carbocycles. The van der Waals surface area contributed by atoms with E-state index < -0.39 is 41.0 Å².